The molecule has 0 spiro atoms. The molecule has 0 saturated heterocycles. The summed E-state index contributed by atoms with van der Waals surface area (Å²) in [6.45, 7) is 1.90. The molecule has 17 heavy (non-hydrogen) atoms. The second-order valence-corrected chi connectivity index (χ2v) is 3.79. The van der Waals surface area contributed by atoms with Crippen molar-refractivity contribution >= 4 is 12.3 Å². The Bertz CT molecular complexity index is 504. The van der Waals surface area contributed by atoms with Gasteiger partial charge in [0.25, 0.3) is 0 Å². The maximum atomic E-state index is 11.5. The van der Waals surface area contributed by atoms with Crippen LogP contribution in [0.4, 0.5) is 0 Å². The number of methoxy groups -OCH3 is 1. The topological polar surface area (TPSA) is 72.8 Å². The summed E-state index contributed by atoms with van der Waals surface area (Å²) in [5.74, 6) is -0.334. The highest BCUT2D eigenvalue weighted by molar-refractivity contribution is 5.98. The van der Waals surface area contributed by atoms with Gasteiger partial charge in [0.05, 0.1) is 7.11 Å². The van der Waals surface area contributed by atoms with Crippen LogP contribution in [0.2, 0.25) is 0 Å². The number of hydrogen-bond acceptors (Lipinski definition) is 5. The molecule has 0 saturated carbocycles. The van der Waals surface area contributed by atoms with Crippen LogP contribution in [0.3, 0.4) is 0 Å². The number of hydrogen-bond donors (Lipinski definition) is 1. The molecule has 1 heterocycles. The lowest BCUT2D eigenvalue weighted by atomic mass is 9.96. The fraction of sp³-hybridized carbons (Fsp3) is 0.333. The van der Waals surface area contributed by atoms with Crippen molar-refractivity contribution in [3.63, 3.8) is 0 Å². The Morgan fingerprint density at radius 1 is 1.53 bits per heavy atom. The minimum Gasteiger partial charge on any atom is -0.507 e. The average molecular weight is 236 g/mol. The van der Waals surface area contributed by atoms with Gasteiger partial charge < -0.3 is 19.4 Å². The molecule has 1 aliphatic heterocycles. The summed E-state index contributed by atoms with van der Waals surface area (Å²) in [6.07, 6.45) is 0.653. The van der Waals surface area contributed by atoms with Crippen molar-refractivity contribution in [2.75, 3.05) is 7.11 Å². The van der Waals surface area contributed by atoms with Gasteiger partial charge in [0, 0.05) is 17.5 Å². The summed E-state index contributed by atoms with van der Waals surface area (Å²) in [6, 6.07) is 0. The van der Waals surface area contributed by atoms with Gasteiger partial charge in [-0.3, -0.25) is 0 Å². The highest BCUT2D eigenvalue weighted by Crippen LogP contribution is 2.41. The first-order valence-electron chi connectivity index (χ1n) is 5.13. The van der Waals surface area contributed by atoms with Crippen LogP contribution in [0.5, 0.6) is 11.5 Å². The molecule has 0 aromatic heterocycles. The van der Waals surface area contributed by atoms with Crippen molar-refractivity contribution in [3.8, 4) is 11.5 Å². The number of ether oxygens (including phenoxy) is 2. The molecule has 1 aromatic carbocycles. The van der Waals surface area contributed by atoms with Crippen molar-refractivity contribution < 1.29 is 24.2 Å². The number of aromatic hydroxyl groups is 1. The third kappa shape index (κ3) is 1.54. The third-order valence-corrected chi connectivity index (χ3v) is 2.94. The van der Waals surface area contributed by atoms with Gasteiger partial charge in [0.1, 0.15) is 30.0 Å². The van der Waals surface area contributed by atoms with E-state index in [9.17, 15) is 14.7 Å². The van der Waals surface area contributed by atoms with E-state index >= 15 is 0 Å². The highest BCUT2D eigenvalue weighted by atomic mass is 16.5. The molecule has 0 fully saturated rings. The molecule has 0 unspecified atom stereocenters. The monoisotopic (exact) mass is 236 g/mol. The number of carbonyl (C=O) groups excluding carboxylic acids is 2. The summed E-state index contributed by atoms with van der Waals surface area (Å²) in [7, 11) is 1.46. The Morgan fingerprint density at radius 3 is 2.82 bits per heavy atom. The van der Waals surface area contributed by atoms with Crippen LogP contribution in [0.1, 0.15) is 27.0 Å². The summed E-state index contributed by atoms with van der Waals surface area (Å²) in [5, 5.41) is 10.0. The number of aldehydes is 1. The predicted molar refractivity (Wildman–Crippen MR) is 58.3 cm³/mol. The lowest BCUT2D eigenvalue weighted by molar-refractivity contribution is -0.107. The van der Waals surface area contributed by atoms with Crippen LogP contribution in [0, 0.1) is 6.92 Å². The second kappa shape index (κ2) is 4.08. The summed E-state index contributed by atoms with van der Waals surface area (Å²) in [4.78, 5) is 22.1. The van der Waals surface area contributed by atoms with Crippen LogP contribution in [0.25, 0.3) is 0 Å². The van der Waals surface area contributed by atoms with Crippen molar-refractivity contribution in [2.45, 2.75) is 20.0 Å². The number of carbonyl (C=O) groups is 2. The van der Waals surface area contributed by atoms with Crippen molar-refractivity contribution in [3.05, 3.63) is 22.3 Å². The SMILES string of the molecule is COc1c(C)c2c(c(O)c1CC=O)C(=O)OC2. The summed E-state index contributed by atoms with van der Waals surface area (Å²) in [5.41, 5.74) is 1.83. The minimum atomic E-state index is -0.560. The number of phenolic OH excluding ortho intramolecular Hbond substituents is 1. The maximum absolute atomic E-state index is 11.5. The van der Waals surface area contributed by atoms with Crippen molar-refractivity contribution in [2.24, 2.45) is 0 Å². The van der Waals surface area contributed by atoms with Gasteiger partial charge in [-0.1, -0.05) is 0 Å². The first-order valence-corrected chi connectivity index (χ1v) is 5.13. The molecule has 0 radical (unpaired) electrons. The Hall–Kier alpha value is -2.04. The summed E-state index contributed by atoms with van der Waals surface area (Å²) < 4.78 is 10.1. The number of cyclic esters (lactones) is 1. The van der Waals surface area contributed by atoms with Crippen molar-refractivity contribution in [1.82, 2.24) is 0 Å². The molecular weight excluding hydrogens is 224 g/mol. The normalized spacial score (nSPS) is 13.2. The van der Waals surface area contributed by atoms with Gasteiger partial charge in [-0.15, -0.1) is 0 Å². The zero-order valence-electron chi connectivity index (χ0n) is 9.57. The van der Waals surface area contributed by atoms with Gasteiger partial charge in [-0.05, 0) is 12.5 Å². The van der Waals surface area contributed by atoms with E-state index in [4.69, 9.17) is 9.47 Å². The average Bonchev–Trinajstić information content (AvgIpc) is 2.69. The molecule has 1 aromatic rings. The van der Waals surface area contributed by atoms with Gasteiger partial charge >= 0.3 is 5.97 Å². The van der Waals surface area contributed by atoms with Crippen LogP contribution < -0.4 is 4.74 Å². The van der Waals surface area contributed by atoms with Crippen LogP contribution >= 0.6 is 0 Å². The molecule has 5 heteroatoms. The van der Waals surface area contributed by atoms with Gasteiger partial charge in [0.2, 0.25) is 0 Å². The molecule has 0 amide bonds. The van der Waals surface area contributed by atoms with E-state index in [0.717, 1.165) is 5.56 Å². The van der Waals surface area contributed by atoms with Crippen LogP contribution in [-0.2, 0) is 22.6 Å². The number of phenols is 1. The fourth-order valence-electron chi connectivity index (χ4n) is 2.11. The molecule has 0 atom stereocenters. The maximum Gasteiger partial charge on any atom is 0.342 e. The smallest absolute Gasteiger partial charge is 0.342 e. The third-order valence-electron chi connectivity index (χ3n) is 2.94. The Kier molecular flexibility index (Phi) is 2.75. The molecule has 5 nitrogen and oxygen atoms in total. The van der Waals surface area contributed by atoms with E-state index in [0.29, 0.717) is 23.2 Å². The zero-order chi connectivity index (χ0) is 12.6. The summed E-state index contributed by atoms with van der Waals surface area (Å²) >= 11 is 0. The van der Waals surface area contributed by atoms with Crippen LogP contribution in [0.15, 0.2) is 0 Å². The molecule has 0 aliphatic carbocycles. The Labute approximate surface area is 98.0 Å². The number of esters is 1. The van der Waals surface area contributed by atoms with E-state index in [2.05, 4.69) is 0 Å². The molecule has 90 valence electrons. The molecular formula is C12H12O5. The van der Waals surface area contributed by atoms with Gasteiger partial charge in [0.15, 0.2) is 0 Å². The van der Waals surface area contributed by atoms with E-state index in [-0.39, 0.29) is 24.3 Å². The Morgan fingerprint density at radius 2 is 2.24 bits per heavy atom. The lowest BCUT2D eigenvalue weighted by Gasteiger charge is -2.14. The zero-order valence-corrected chi connectivity index (χ0v) is 9.57. The van der Waals surface area contributed by atoms with Gasteiger partial charge in [-0.25, -0.2) is 4.79 Å². The lowest BCUT2D eigenvalue weighted by Crippen LogP contribution is -2.03. The number of rotatable bonds is 3. The van der Waals surface area contributed by atoms with Crippen molar-refractivity contribution in [1.29, 1.82) is 0 Å². The molecule has 2 rings (SSSR count). The largest absolute Gasteiger partial charge is 0.507 e. The second-order valence-electron chi connectivity index (χ2n) is 3.79. The molecule has 1 aliphatic rings. The van der Waals surface area contributed by atoms with E-state index < -0.39 is 5.97 Å². The standard InChI is InChI=1S/C12H12O5/c1-6-8-5-17-12(15)9(8)10(14)7(3-4-13)11(6)16-2/h4,14H,3,5H2,1-2H3. The first-order chi connectivity index (χ1) is 8.11. The van der Waals surface area contributed by atoms with E-state index in [1.54, 1.807) is 6.92 Å². The fourth-order valence-corrected chi connectivity index (χ4v) is 2.11. The quantitative estimate of drug-likeness (QED) is 0.629. The Balaban J connectivity index is 2.76. The van der Waals surface area contributed by atoms with Crippen LogP contribution in [-0.4, -0.2) is 24.5 Å². The van der Waals surface area contributed by atoms with Gasteiger partial charge in [-0.2, -0.15) is 0 Å². The van der Waals surface area contributed by atoms with E-state index in [1.807, 2.05) is 0 Å². The predicted octanol–water partition coefficient (Wildman–Crippen LogP) is 1.12. The first kappa shape index (κ1) is 11.4. The highest BCUT2D eigenvalue weighted by Gasteiger charge is 2.31. The number of benzene rings is 1. The number of fused-ring (bicyclic) bond motifs is 1. The molecule has 1 N–H and O–H groups in total. The molecule has 0 bridgehead atoms. The van der Waals surface area contributed by atoms with E-state index in [1.165, 1.54) is 7.11 Å². The minimum absolute atomic E-state index is 0.00356.